The third-order valence-corrected chi connectivity index (χ3v) is 11.3. The number of hydrogen-bond acceptors (Lipinski definition) is 1. The first-order chi connectivity index (χ1) is 21.5. The third-order valence-electron chi connectivity index (χ3n) is 11.0. The molecule has 0 N–H and O–H groups in total. The van der Waals surface area contributed by atoms with Gasteiger partial charge in [-0.05, 0) is 97.1 Å². The molecule has 44 heavy (non-hydrogen) atoms. The van der Waals surface area contributed by atoms with E-state index in [1.54, 1.807) is 5.57 Å². The highest BCUT2D eigenvalue weighted by atomic mass is 35.5. The van der Waals surface area contributed by atoms with Gasteiger partial charge in [-0.2, -0.15) is 0 Å². The fourth-order valence-electron chi connectivity index (χ4n) is 9.48. The second-order valence-corrected chi connectivity index (χ2v) is 13.9. The van der Waals surface area contributed by atoms with E-state index in [2.05, 4.69) is 135 Å². The predicted octanol–water partition coefficient (Wildman–Crippen LogP) is 11.3. The highest BCUT2D eigenvalue weighted by Gasteiger charge is 2.66. The monoisotopic (exact) mass is 584 g/mol. The van der Waals surface area contributed by atoms with Gasteiger partial charge in [0.15, 0.2) is 0 Å². The lowest BCUT2D eigenvalue weighted by Gasteiger charge is -2.44. The minimum absolute atomic E-state index is 0.0525. The van der Waals surface area contributed by atoms with E-state index in [-0.39, 0.29) is 5.41 Å². The zero-order chi connectivity index (χ0) is 29.4. The first kappa shape index (κ1) is 24.8. The van der Waals surface area contributed by atoms with E-state index in [0.29, 0.717) is 11.8 Å². The molecular formula is C42H29ClO. The van der Waals surface area contributed by atoms with Crippen LogP contribution in [0.15, 0.2) is 133 Å². The summed E-state index contributed by atoms with van der Waals surface area (Å²) in [6.45, 7) is 4.98. The van der Waals surface area contributed by atoms with Crippen LogP contribution in [0.2, 0.25) is 5.02 Å². The van der Waals surface area contributed by atoms with Crippen molar-refractivity contribution in [3.63, 3.8) is 0 Å². The zero-order valence-electron chi connectivity index (χ0n) is 24.6. The SMILES string of the molecule is CC1(C)C2C3=C(C1c1ccccc12)C1(c2ccccc2Oc2ccccc21)c1ccc(-c2ccc4ccc(Cl)cc4c2)cc13. The van der Waals surface area contributed by atoms with E-state index in [1.807, 2.05) is 6.07 Å². The van der Waals surface area contributed by atoms with E-state index in [9.17, 15) is 0 Å². The second kappa shape index (κ2) is 8.31. The van der Waals surface area contributed by atoms with Crippen LogP contribution in [0.4, 0.5) is 0 Å². The largest absolute Gasteiger partial charge is 0.457 e. The summed E-state index contributed by atoms with van der Waals surface area (Å²) in [5.74, 6) is 2.53. The van der Waals surface area contributed by atoms with Crippen molar-refractivity contribution in [1.29, 1.82) is 0 Å². The summed E-state index contributed by atoms with van der Waals surface area (Å²) < 4.78 is 6.64. The molecule has 1 heterocycles. The van der Waals surface area contributed by atoms with Crippen LogP contribution < -0.4 is 4.74 Å². The van der Waals surface area contributed by atoms with Crippen molar-refractivity contribution in [3.05, 3.63) is 171 Å². The van der Waals surface area contributed by atoms with E-state index in [4.69, 9.17) is 16.3 Å². The normalized spacial score (nSPS) is 20.6. The average molecular weight is 585 g/mol. The van der Waals surface area contributed by atoms with Crippen LogP contribution in [0.1, 0.15) is 59.1 Å². The van der Waals surface area contributed by atoms with Crippen molar-refractivity contribution in [2.24, 2.45) is 5.41 Å². The van der Waals surface area contributed by atoms with Crippen LogP contribution in [0.3, 0.4) is 0 Å². The van der Waals surface area contributed by atoms with Crippen LogP contribution in [-0.4, -0.2) is 0 Å². The Morgan fingerprint density at radius 1 is 0.568 bits per heavy atom. The topological polar surface area (TPSA) is 9.23 Å². The molecule has 3 aliphatic carbocycles. The molecule has 6 aromatic rings. The van der Waals surface area contributed by atoms with Gasteiger partial charge in [0.2, 0.25) is 0 Å². The fourth-order valence-corrected chi connectivity index (χ4v) is 9.66. The van der Waals surface area contributed by atoms with Gasteiger partial charge in [-0.25, -0.2) is 0 Å². The van der Waals surface area contributed by atoms with Crippen LogP contribution >= 0.6 is 11.6 Å². The molecule has 2 atom stereocenters. The molecule has 10 rings (SSSR count). The van der Waals surface area contributed by atoms with Gasteiger partial charge in [-0.15, -0.1) is 0 Å². The smallest absolute Gasteiger partial charge is 0.132 e. The molecule has 2 heteroatoms. The Hall–Kier alpha value is -4.59. The maximum Gasteiger partial charge on any atom is 0.132 e. The summed E-state index contributed by atoms with van der Waals surface area (Å²) in [6, 6.07) is 46.7. The van der Waals surface area contributed by atoms with Gasteiger partial charge in [0.1, 0.15) is 11.5 Å². The number of fused-ring (bicyclic) bond motifs is 16. The van der Waals surface area contributed by atoms with Gasteiger partial charge < -0.3 is 4.74 Å². The molecular weight excluding hydrogens is 556 g/mol. The summed E-state index contributed by atoms with van der Waals surface area (Å²) in [5, 5.41) is 3.12. The Bertz CT molecular complexity index is 2230. The minimum atomic E-state index is -0.421. The Labute approximate surface area is 262 Å². The fraction of sp³-hybridized carbons (Fsp3) is 0.143. The Morgan fingerprint density at radius 3 is 1.93 bits per heavy atom. The van der Waals surface area contributed by atoms with Gasteiger partial charge >= 0.3 is 0 Å². The molecule has 2 unspecified atom stereocenters. The molecule has 210 valence electrons. The van der Waals surface area contributed by atoms with E-state index in [1.165, 1.54) is 55.5 Å². The molecule has 0 saturated heterocycles. The number of para-hydroxylation sites is 2. The quantitative estimate of drug-likeness (QED) is 0.175. The Balaban J connectivity index is 1.31. The molecule has 1 nitrogen and oxygen atoms in total. The van der Waals surface area contributed by atoms with Gasteiger partial charge in [-0.1, -0.05) is 116 Å². The third kappa shape index (κ3) is 2.87. The van der Waals surface area contributed by atoms with Crippen molar-refractivity contribution in [2.75, 3.05) is 0 Å². The predicted molar refractivity (Wildman–Crippen MR) is 180 cm³/mol. The number of benzene rings is 6. The van der Waals surface area contributed by atoms with E-state index < -0.39 is 5.41 Å². The van der Waals surface area contributed by atoms with Gasteiger partial charge in [-0.3, -0.25) is 0 Å². The molecule has 0 aromatic heterocycles. The van der Waals surface area contributed by atoms with Crippen LogP contribution in [-0.2, 0) is 5.41 Å². The number of rotatable bonds is 1. The number of halogens is 1. The van der Waals surface area contributed by atoms with Crippen LogP contribution in [0, 0.1) is 5.41 Å². The highest BCUT2D eigenvalue weighted by Crippen LogP contribution is 2.77. The minimum Gasteiger partial charge on any atom is -0.457 e. The standard InChI is InChI=1S/C42H29ClO/c1-41(2)38-29-9-3-4-10-30(29)39(41)40-37(38)31-23-26(25-16-15-24-17-19-28(43)22-27(24)21-25)18-20-32(31)42(40)33-11-5-7-13-35(33)44-36-14-8-6-12-34(36)42/h3-23,38-39H,1-2H3. The summed E-state index contributed by atoms with van der Waals surface area (Å²) in [7, 11) is 0. The summed E-state index contributed by atoms with van der Waals surface area (Å²) in [6.07, 6.45) is 0. The molecule has 1 aliphatic heterocycles. The lowest BCUT2D eigenvalue weighted by molar-refractivity contribution is 0.326. The molecule has 1 spiro atoms. The van der Waals surface area contributed by atoms with Crippen molar-refractivity contribution in [3.8, 4) is 22.6 Å². The lowest BCUT2D eigenvalue weighted by atomic mass is 9.60. The highest BCUT2D eigenvalue weighted by molar-refractivity contribution is 6.31. The molecule has 0 radical (unpaired) electrons. The molecule has 6 aromatic carbocycles. The molecule has 0 amide bonds. The lowest BCUT2D eigenvalue weighted by Crippen LogP contribution is -2.36. The number of hydrogen-bond donors (Lipinski definition) is 0. The van der Waals surface area contributed by atoms with Crippen molar-refractivity contribution >= 4 is 27.9 Å². The van der Waals surface area contributed by atoms with E-state index in [0.717, 1.165) is 21.9 Å². The van der Waals surface area contributed by atoms with Gasteiger partial charge in [0, 0.05) is 28.0 Å². The first-order valence-electron chi connectivity index (χ1n) is 15.5. The number of allylic oxidation sites excluding steroid dienone is 2. The Kier molecular flexibility index (Phi) is 4.69. The van der Waals surface area contributed by atoms with Crippen LogP contribution in [0.5, 0.6) is 11.5 Å². The molecule has 0 saturated carbocycles. The Morgan fingerprint density at radius 2 is 1.18 bits per heavy atom. The average Bonchev–Trinajstić information content (AvgIpc) is 3.56. The van der Waals surface area contributed by atoms with E-state index >= 15 is 0 Å². The molecule has 4 aliphatic rings. The second-order valence-electron chi connectivity index (χ2n) is 13.5. The molecule has 2 bridgehead atoms. The van der Waals surface area contributed by atoms with Crippen LogP contribution in [0.25, 0.3) is 27.5 Å². The summed E-state index contributed by atoms with van der Waals surface area (Å²) >= 11 is 6.41. The van der Waals surface area contributed by atoms with Gasteiger partial charge in [0.05, 0.1) is 5.41 Å². The first-order valence-corrected chi connectivity index (χ1v) is 15.9. The van der Waals surface area contributed by atoms with Crippen molar-refractivity contribution in [2.45, 2.75) is 31.1 Å². The van der Waals surface area contributed by atoms with Crippen molar-refractivity contribution < 1.29 is 4.74 Å². The number of ether oxygens (including phenoxy) is 1. The van der Waals surface area contributed by atoms with Crippen molar-refractivity contribution in [1.82, 2.24) is 0 Å². The maximum absolute atomic E-state index is 6.64. The summed E-state index contributed by atoms with van der Waals surface area (Å²) in [5.41, 5.74) is 13.4. The summed E-state index contributed by atoms with van der Waals surface area (Å²) in [4.78, 5) is 0. The van der Waals surface area contributed by atoms with Gasteiger partial charge in [0.25, 0.3) is 0 Å². The maximum atomic E-state index is 6.64. The molecule has 0 fully saturated rings. The zero-order valence-corrected chi connectivity index (χ0v) is 25.3.